The number of amides is 1. The van der Waals surface area contributed by atoms with Gasteiger partial charge in [0.05, 0.1) is 17.6 Å². The van der Waals surface area contributed by atoms with E-state index in [1.54, 1.807) is 40.1 Å². The Balaban J connectivity index is 1.43. The van der Waals surface area contributed by atoms with E-state index in [9.17, 15) is 9.18 Å². The molecule has 162 valence electrons. The molecule has 5 rings (SSSR count). The van der Waals surface area contributed by atoms with Crippen LogP contribution in [0.5, 0.6) is 0 Å². The summed E-state index contributed by atoms with van der Waals surface area (Å²) in [5.74, 6) is 0.257. The Labute approximate surface area is 185 Å². The van der Waals surface area contributed by atoms with Gasteiger partial charge in [0.1, 0.15) is 17.2 Å². The van der Waals surface area contributed by atoms with Crippen molar-refractivity contribution in [2.24, 2.45) is 0 Å². The zero-order valence-corrected chi connectivity index (χ0v) is 17.7. The van der Waals surface area contributed by atoms with Gasteiger partial charge in [0.2, 0.25) is 0 Å². The van der Waals surface area contributed by atoms with Gasteiger partial charge < -0.3 is 14.2 Å². The van der Waals surface area contributed by atoms with E-state index in [-0.39, 0.29) is 11.7 Å². The molecule has 32 heavy (non-hydrogen) atoms. The SMILES string of the molecule is Cc1cccc(-n2nc(-c3ccco3)cc2C(=O)N2CCN(c3ccccc3F)CC2)c1. The van der Waals surface area contributed by atoms with E-state index >= 15 is 0 Å². The maximum atomic E-state index is 14.2. The van der Waals surface area contributed by atoms with Crippen LogP contribution in [0, 0.1) is 12.7 Å². The largest absolute Gasteiger partial charge is 0.463 e. The lowest BCUT2D eigenvalue weighted by atomic mass is 10.2. The summed E-state index contributed by atoms with van der Waals surface area (Å²) >= 11 is 0. The third-order valence-corrected chi connectivity index (χ3v) is 5.71. The van der Waals surface area contributed by atoms with Crippen molar-refractivity contribution < 1.29 is 13.6 Å². The molecule has 1 fully saturated rings. The van der Waals surface area contributed by atoms with Crippen LogP contribution < -0.4 is 4.90 Å². The molecular formula is C25H23FN4O2. The molecule has 0 atom stereocenters. The van der Waals surface area contributed by atoms with Crippen molar-refractivity contribution in [1.82, 2.24) is 14.7 Å². The summed E-state index contributed by atoms with van der Waals surface area (Å²) < 4.78 is 21.3. The maximum Gasteiger partial charge on any atom is 0.272 e. The molecular weight excluding hydrogens is 407 g/mol. The number of rotatable bonds is 4. The Morgan fingerprint density at radius 3 is 2.50 bits per heavy atom. The van der Waals surface area contributed by atoms with E-state index in [0.29, 0.717) is 49.0 Å². The summed E-state index contributed by atoms with van der Waals surface area (Å²) in [5.41, 5.74) is 3.54. The Bertz CT molecular complexity index is 1240. The van der Waals surface area contributed by atoms with E-state index in [1.807, 2.05) is 48.2 Å². The molecule has 1 aliphatic heterocycles. The van der Waals surface area contributed by atoms with Gasteiger partial charge in [-0.1, -0.05) is 24.3 Å². The van der Waals surface area contributed by atoms with Crippen LogP contribution in [-0.2, 0) is 0 Å². The maximum absolute atomic E-state index is 14.2. The minimum atomic E-state index is -0.243. The number of anilines is 1. The van der Waals surface area contributed by atoms with Crippen molar-refractivity contribution in [3.63, 3.8) is 0 Å². The van der Waals surface area contributed by atoms with E-state index in [4.69, 9.17) is 4.42 Å². The average molecular weight is 430 g/mol. The molecule has 0 saturated carbocycles. The van der Waals surface area contributed by atoms with Crippen LogP contribution in [0.25, 0.3) is 17.1 Å². The monoisotopic (exact) mass is 430 g/mol. The molecule has 0 unspecified atom stereocenters. The van der Waals surface area contributed by atoms with Crippen LogP contribution in [0.1, 0.15) is 16.1 Å². The van der Waals surface area contributed by atoms with Gasteiger partial charge in [-0.15, -0.1) is 0 Å². The zero-order valence-electron chi connectivity index (χ0n) is 17.7. The van der Waals surface area contributed by atoms with Crippen molar-refractivity contribution in [3.8, 4) is 17.1 Å². The fourth-order valence-electron chi connectivity index (χ4n) is 4.06. The third kappa shape index (κ3) is 3.77. The Morgan fingerprint density at radius 2 is 1.78 bits per heavy atom. The summed E-state index contributed by atoms with van der Waals surface area (Å²) in [6.45, 7) is 4.14. The van der Waals surface area contributed by atoms with Gasteiger partial charge in [-0.2, -0.15) is 5.10 Å². The number of carbonyl (C=O) groups excluding carboxylic acids is 1. The first-order chi connectivity index (χ1) is 15.6. The Morgan fingerprint density at radius 1 is 0.969 bits per heavy atom. The Kier molecular flexibility index (Phi) is 5.23. The molecule has 4 aromatic rings. The number of carbonyl (C=O) groups is 1. The molecule has 0 N–H and O–H groups in total. The second-order valence-electron chi connectivity index (χ2n) is 7.87. The standard InChI is InChI=1S/C25H23FN4O2/c1-18-6-4-7-19(16-18)30-23(17-21(27-30)24-10-5-15-32-24)25(31)29-13-11-28(12-14-29)22-9-3-2-8-20(22)26/h2-10,15-17H,11-14H2,1H3. The molecule has 1 aliphatic rings. The molecule has 0 aliphatic carbocycles. The van der Waals surface area contributed by atoms with E-state index < -0.39 is 0 Å². The zero-order chi connectivity index (χ0) is 22.1. The number of piperazine rings is 1. The number of hydrogen-bond acceptors (Lipinski definition) is 4. The predicted octanol–water partition coefficient (Wildman–Crippen LogP) is 4.54. The Hall–Kier alpha value is -3.87. The summed E-state index contributed by atoms with van der Waals surface area (Å²) in [7, 11) is 0. The number of furan rings is 1. The number of para-hydroxylation sites is 1. The average Bonchev–Trinajstić information content (AvgIpc) is 3.49. The lowest BCUT2D eigenvalue weighted by Crippen LogP contribution is -2.49. The van der Waals surface area contributed by atoms with Gasteiger partial charge in [0, 0.05) is 32.2 Å². The summed E-state index contributed by atoms with van der Waals surface area (Å²) in [6, 6.07) is 20.0. The van der Waals surface area contributed by atoms with Gasteiger partial charge in [-0.05, 0) is 48.9 Å². The lowest BCUT2D eigenvalue weighted by molar-refractivity contribution is 0.0737. The highest BCUT2D eigenvalue weighted by molar-refractivity contribution is 5.94. The van der Waals surface area contributed by atoms with Crippen molar-refractivity contribution in [2.45, 2.75) is 6.92 Å². The van der Waals surface area contributed by atoms with Crippen LogP contribution in [-0.4, -0.2) is 46.8 Å². The number of nitrogens with zero attached hydrogens (tertiary/aromatic N) is 4. The molecule has 2 aromatic carbocycles. The normalized spacial score (nSPS) is 14.1. The highest BCUT2D eigenvalue weighted by Crippen LogP contribution is 2.25. The van der Waals surface area contributed by atoms with Crippen molar-refractivity contribution in [3.05, 3.63) is 90.1 Å². The van der Waals surface area contributed by atoms with Crippen LogP contribution >= 0.6 is 0 Å². The van der Waals surface area contributed by atoms with Gasteiger partial charge in [-0.3, -0.25) is 4.79 Å². The van der Waals surface area contributed by atoms with E-state index in [1.165, 1.54) is 6.07 Å². The molecule has 7 heteroatoms. The number of hydrogen-bond donors (Lipinski definition) is 0. The topological polar surface area (TPSA) is 54.5 Å². The molecule has 6 nitrogen and oxygen atoms in total. The van der Waals surface area contributed by atoms with E-state index in [2.05, 4.69) is 5.10 Å². The molecule has 0 radical (unpaired) electrons. The number of aromatic nitrogens is 2. The van der Waals surface area contributed by atoms with Gasteiger partial charge in [0.15, 0.2) is 5.76 Å². The quantitative estimate of drug-likeness (QED) is 0.477. The van der Waals surface area contributed by atoms with Crippen LogP contribution in [0.2, 0.25) is 0 Å². The first kappa shape index (κ1) is 20.1. The van der Waals surface area contributed by atoms with Crippen molar-refractivity contribution in [1.29, 1.82) is 0 Å². The first-order valence-corrected chi connectivity index (χ1v) is 10.6. The van der Waals surface area contributed by atoms with Gasteiger partial charge >= 0.3 is 0 Å². The summed E-state index contributed by atoms with van der Waals surface area (Å²) in [4.78, 5) is 17.3. The van der Waals surface area contributed by atoms with Crippen LogP contribution in [0.4, 0.5) is 10.1 Å². The fourth-order valence-corrected chi connectivity index (χ4v) is 4.06. The first-order valence-electron chi connectivity index (χ1n) is 10.6. The van der Waals surface area contributed by atoms with Crippen LogP contribution in [0.15, 0.2) is 77.4 Å². The van der Waals surface area contributed by atoms with Crippen molar-refractivity contribution in [2.75, 3.05) is 31.1 Å². The predicted molar refractivity (Wildman–Crippen MR) is 121 cm³/mol. The smallest absolute Gasteiger partial charge is 0.272 e. The molecule has 0 spiro atoms. The minimum absolute atomic E-state index is 0.106. The second-order valence-corrected chi connectivity index (χ2v) is 7.87. The number of aryl methyl sites for hydroxylation is 1. The summed E-state index contributed by atoms with van der Waals surface area (Å²) in [5, 5.41) is 4.67. The molecule has 0 bridgehead atoms. The molecule has 1 saturated heterocycles. The number of halogens is 1. The lowest BCUT2D eigenvalue weighted by Gasteiger charge is -2.36. The van der Waals surface area contributed by atoms with Crippen molar-refractivity contribution >= 4 is 11.6 Å². The van der Waals surface area contributed by atoms with Crippen LogP contribution in [0.3, 0.4) is 0 Å². The van der Waals surface area contributed by atoms with Gasteiger partial charge in [0.25, 0.3) is 5.91 Å². The molecule has 1 amide bonds. The summed E-state index contributed by atoms with van der Waals surface area (Å²) in [6.07, 6.45) is 1.59. The highest BCUT2D eigenvalue weighted by atomic mass is 19.1. The molecule has 3 heterocycles. The fraction of sp³-hybridized carbons (Fsp3) is 0.200. The van der Waals surface area contributed by atoms with Gasteiger partial charge in [-0.25, -0.2) is 9.07 Å². The number of benzene rings is 2. The van der Waals surface area contributed by atoms with E-state index in [0.717, 1.165) is 11.3 Å². The minimum Gasteiger partial charge on any atom is -0.463 e. The highest BCUT2D eigenvalue weighted by Gasteiger charge is 2.27. The molecule has 2 aromatic heterocycles. The third-order valence-electron chi connectivity index (χ3n) is 5.71. The second kappa shape index (κ2) is 8.34.